The first kappa shape index (κ1) is 13.8. The molecule has 0 heterocycles. The fraction of sp³-hybridized carbons (Fsp3) is 0.857. The summed E-state index contributed by atoms with van der Waals surface area (Å²) < 4.78 is 27.3. The number of hydrogen-bond donors (Lipinski definition) is 3. The number of hydrogen-bond acceptors (Lipinski definition) is 3. The number of rotatable bonds is 7. The summed E-state index contributed by atoms with van der Waals surface area (Å²) in [6, 6.07) is -0.459. The average molecular weight is 239 g/mol. The molecule has 0 amide bonds. The third-order valence-corrected chi connectivity index (χ3v) is 3.10. The van der Waals surface area contributed by atoms with Crippen molar-refractivity contribution in [2.45, 2.75) is 32.7 Å². The molecular formula is C7H17N3O2S2. The van der Waals surface area contributed by atoms with Crippen LogP contribution in [-0.2, 0) is 10.2 Å². The molecule has 4 N–H and O–H groups in total. The van der Waals surface area contributed by atoms with E-state index >= 15 is 0 Å². The van der Waals surface area contributed by atoms with Crippen LogP contribution in [-0.4, -0.2) is 26.0 Å². The molecule has 0 aliphatic carbocycles. The van der Waals surface area contributed by atoms with Gasteiger partial charge in [0, 0.05) is 6.54 Å². The number of thiocarbonyl (C=S) groups is 1. The molecule has 0 radical (unpaired) electrons. The van der Waals surface area contributed by atoms with Gasteiger partial charge in [-0.05, 0) is 6.42 Å². The second kappa shape index (κ2) is 6.28. The Labute approximate surface area is 90.6 Å². The van der Waals surface area contributed by atoms with E-state index in [4.69, 9.17) is 18.0 Å². The first-order valence-corrected chi connectivity index (χ1v) is 6.38. The third kappa shape index (κ3) is 5.48. The zero-order valence-corrected chi connectivity index (χ0v) is 10.0. The maximum absolute atomic E-state index is 11.3. The first-order chi connectivity index (χ1) is 6.43. The van der Waals surface area contributed by atoms with Crippen LogP contribution in [0, 0.1) is 0 Å². The van der Waals surface area contributed by atoms with Gasteiger partial charge < -0.3 is 5.73 Å². The average Bonchev–Trinajstić information content (AvgIpc) is 2.02. The van der Waals surface area contributed by atoms with Crippen LogP contribution in [0.15, 0.2) is 0 Å². The van der Waals surface area contributed by atoms with Crippen molar-refractivity contribution >= 4 is 27.4 Å². The monoisotopic (exact) mass is 239 g/mol. The van der Waals surface area contributed by atoms with Gasteiger partial charge in [0.2, 0.25) is 0 Å². The van der Waals surface area contributed by atoms with Crippen LogP contribution in [0.25, 0.3) is 0 Å². The van der Waals surface area contributed by atoms with Crippen LogP contribution >= 0.6 is 12.2 Å². The van der Waals surface area contributed by atoms with E-state index in [1.54, 1.807) is 6.92 Å². The molecule has 0 aromatic rings. The minimum absolute atomic E-state index is 0.174. The van der Waals surface area contributed by atoms with Crippen molar-refractivity contribution in [2.24, 2.45) is 5.73 Å². The van der Waals surface area contributed by atoms with Crippen molar-refractivity contribution in [3.8, 4) is 0 Å². The van der Waals surface area contributed by atoms with Gasteiger partial charge in [-0.25, -0.2) is 4.72 Å². The predicted octanol–water partition coefficient (Wildman–Crippen LogP) is -0.115. The Morgan fingerprint density at radius 3 is 2.43 bits per heavy atom. The molecular weight excluding hydrogens is 222 g/mol. The van der Waals surface area contributed by atoms with Gasteiger partial charge in [0.05, 0.1) is 11.0 Å². The highest BCUT2D eigenvalue weighted by Gasteiger charge is 2.17. The van der Waals surface area contributed by atoms with Crippen LogP contribution in [0.1, 0.15) is 26.7 Å². The van der Waals surface area contributed by atoms with Crippen molar-refractivity contribution in [1.82, 2.24) is 9.44 Å². The van der Waals surface area contributed by atoms with E-state index < -0.39 is 16.3 Å². The minimum atomic E-state index is -3.47. The van der Waals surface area contributed by atoms with Crippen molar-refractivity contribution < 1.29 is 8.42 Å². The Morgan fingerprint density at radius 2 is 2.07 bits per heavy atom. The zero-order chi connectivity index (χ0) is 11.2. The van der Waals surface area contributed by atoms with Crippen LogP contribution in [0.2, 0.25) is 0 Å². The smallest absolute Gasteiger partial charge is 0.277 e. The molecule has 0 aromatic heterocycles. The molecule has 0 aliphatic rings. The Hall–Kier alpha value is -0.240. The van der Waals surface area contributed by atoms with Gasteiger partial charge in [-0.15, -0.1) is 0 Å². The van der Waals surface area contributed by atoms with Crippen LogP contribution in [0.4, 0.5) is 0 Å². The van der Waals surface area contributed by atoms with E-state index in [2.05, 4.69) is 9.44 Å². The van der Waals surface area contributed by atoms with Crippen molar-refractivity contribution in [1.29, 1.82) is 0 Å². The Kier molecular flexibility index (Phi) is 6.17. The lowest BCUT2D eigenvalue weighted by Crippen LogP contribution is -2.48. The summed E-state index contributed by atoms with van der Waals surface area (Å²) in [5.41, 5.74) is 5.40. The van der Waals surface area contributed by atoms with E-state index in [9.17, 15) is 8.42 Å². The van der Waals surface area contributed by atoms with Gasteiger partial charge in [0.25, 0.3) is 10.2 Å². The van der Waals surface area contributed by atoms with Gasteiger partial charge in [-0.3, -0.25) is 0 Å². The van der Waals surface area contributed by atoms with Crippen molar-refractivity contribution in [3.63, 3.8) is 0 Å². The first-order valence-electron chi connectivity index (χ1n) is 4.49. The second-order valence-electron chi connectivity index (χ2n) is 2.86. The molecule has 0 rings (SSSR count). The Balaban J connectivity index is 4.36. The topological polar surface area (TPSA) is 84.2 Å². The molecule has 7 heteroatoms. The highest BCUT2D eigenvalue weighted by Crippen LogP contribution is 1.98. The molecule has 0 aliphatic heterocycles. The molecule has 0 fully saturated rings. The summed E-state index contributed by atoms with van der Waals surface area (Å²) in [5.74, 6) is 0. The molecule has 84 valence electrons. The van der Waals surface area contributed by atoms with Gasteiger partial charge in [0.1, 0.15) is 0 Å². The summed E-state index contributed by atoms with van der Waals surface area (Å²) in [5, 5.41) is 0. The van der Waals surface area contributed by atoms with Crippen LogP contribution < -0.4 is 15.2 Å². The van der Waals surface area contributed by atoms with Crippen molar-refractivity contribution in [3.05, 3.63) is 0 Å². The summed E-state index contributed by atoms with van der Waals surface area (Å²) in [6.07, 6.45) is 1.43. The summed E-state index contributed by atoms with van der Waals surface area (Å²) in [4.78, 5) is 0.174. The standard InChI is InChI=1S/C7H17N3O2S2/c1-3-5-6(7(8)13)10-14(11,12)9-4-2/h6,9-10H,3-5H2,1-2H3,(H2,8,13). The lowest BCUT2D eigenvalue weighted by atomic mass is 10.2. The van der Waals surface area contributed by atoms with Crippen LogP contribution in [0.5, 0.6) is 0 Å². The van der Waals surface area contributed by atoms with Gasteiger partial charge in [-0.1, -0.05) is 32.5 Å². The summed E-state index contributed by atoms with van der Waals surface area (Å²) in [7, 11) is -3.47. The normalized spacial score (nSPS) is 13.9. The minimum Gasteiger partial charge on any atom is -0.392 e. The fourth-order valence-electron chi connectivity index (χ4n) is 0.967. The van der Waals surface area contributed by atoms with E-state index in [1.165, 1.54) is 0 Å². The van der Waals surface area contributed by atoms with Gasteiger partial charge in [0.15, 0.2) is 0 Å². The molecule has 5 nitrogen and oxygen atoms in total. The Morgan fingerprint density at radius 1 is 1.50 bits per heavy atom. The molecule has 1 atom stereocenters. The molecule has 1 unspecified atom stereocenters. The maximum atomic E-state index is 11.3. The fourth-order valence-corrected chi connectivity index (χ4v) is 2.30. The van der Waals surface area contributed by atoms with E-state index in [1.807, 2.05) is 6.92 Å². The molecule has 0 saturated carbocycles. The quantitative estimate of drug-likeness (QED) is 0.541. The molecule has 14 heavy (non-hydrogen) atoms. The zero-order valence-electron chi connectivity index (χ0n) is 8.41. The lowest BCUT2D eigenvalue weighted by Gasteiger charge is -2.16. The second-order valence-corrected chi connectivity index (χ2v) is 4.87. The summed E-state index contributed by atoms with van der Waals surface area (Å²) in [6.45, 7) is 3.98. The van der Waals surface area contributed by atoms with Crippen molar-refractivity contribution in [2.75, 3.05) is 6.54 Å². The maximum Gasteiger partial charge on any atom is 0.277 e. The van der Waals surface area contributed by atoms with E-state index in [0.29, 0.717) is 13.0 Å². The molecule has 0 saturated heterocycles. The lowest BCUT2D eigenvalue weighted by molar-refractivity contribution is 0.555. The highest BCUT2D eigenvalue weighted by atomic mass is 32.2. The van der Waals surface area contributed by atoms with Crippen LogP contribution in [0.3, 0.4) is 0 Å². The van der Waals surface area contributed by atoms with Gasteiger partial charge in [-0.2, -0.15) is 13.1 Å². The molecule has 0 aromatic carbocycles. The van der Waals surface area contributed by atoms with E-state index in [-0.39, 0.29) is 4.99 Å². The number of nitrogens with one attached hydrogen (secondary N) is 2. The SMILES string of the molecule is CCCC(NS(=O)(=O)NCC)C(N)=S. The van der Waals surface area contributed by atoms with E-state index in [0.717, 1.165) is 6.42 Å². The molecule has 0 spiro atoms. The molecule has 0 bridgehead atoms. The number of nitrogens with two attached hydrogens (primary N) is 1. The van der Waals surface area contributed by atoms with Gasteiger partial charge >= 0.3 is 0 Å². The predicted molar refractivity (Wildman–Crippen MR) is 61.2 cm³/mol. The Bertz CT molecular complexity index is 277. The summed E-state index contributed by atoms with van der Waals surface area (Å²) >= 11 is 4.76. The third-order valence-electron chi connectivity index (χ3n) is 1.55. The highest BCUT2D eigenvalue weighted by molar-refractivity contribution is 7.87. The largest absolute Gasteiger partial charge is 0.392 e.